The number of nitrogens with zero attached hydrogens (tertiary/aromatic N) is 2. The lowest BCUT2D eigenvalue weighted by Gasteiger charge is -2.60. The van der Waals surface area contributed by atoms with Gasteiger partial charge in [-0.15, -0.1) is 0 Å². The third kappa shape index (κ3) is 4.44. The van der Waals surface area contributed by atoms with Crippen molar-refractivity contribution < 1.29 is 33.5 Å². The molecule has 9 atom stereocenters. The summed E-state index contributed by atoms with van der Waals surface area (Å²) in [7, 11) is 1.64. The van der Waals surface area contributed by atoms with Crippen molar-refractivity contribution >= 4 is 11.6 Å². The van der Waals surface area contributed by atoms with Crippen molar-refractivity contribution in [1.29, 1.82) is 0 Å². The van der Waals surface area contributed by atoms with E-state index in [4.69, 9.17) is 33.8 Å². The predicted molar refractivity (Wildman–Crippen MR) is 153 cm³/mol. The molecule has 5 heterocycles. The van der Waals surface area contributed by atoms with Crippen molar-refractivity contribution in [1.82, 2.24) is 5.01 Å². The molecule has 0 N–H and O–H groups in total. The van der Waals surface area contributed by atoms with E-state index in [9.17, 15) is 4.79 Å². The van der Waals surface area contributed by atoms with Crippen LogP contribution >= 0.6 is 0 Å². The highest BCUT2D eigenvalue weighted by molar-refractivity contribution is 6.03. The van der Waals surface area contributed by atoms with E-state index >= 15 is 0 Å². The SMILES string of the molecule is COc1ccc(C2CC(c3ccc(O[C@H]4O[C@@H]5O[C@@]6(C)CC[C@H]7[C@H](C)CC[C@@H]([C@H]4C)[C@@]57OO6)cc3)=NN2C(C)=O)cc1. The molecule has 1 amide bonds. The van der Waals surface area contributed by atoms with Gasteiger partial charge in [-0.2, -0.15) is 5.10 Å². The predicted octanol–water partition coefficient (Wildman–Crippen LogP) is 5.98. The number of methoxy groups -OCH3 is 1. The van der Waals surface area contributed by atoms with Crippen molar-refractivity contribution in [2.24, 2.45) is 28.8 Å². The molecule has 1 saturated carbocycles. The van der Waals surface area contributed by atoms with Crippen LogP contribution < -0.4 is 9.47 Å². The second kappa shape index (κ2) is 10.3. The molecule has 224 valence electrons. The summed E-state index contributed by atoms with van der Waals surface area (Å²) in [6, 6.07) is 15.5. The van der Waals surface area contributed by atoms with Crippen LogP contribution in [-0.4, -0.2) is 47.7 Å². The number of carbonyl (C=O) groups is 1. The lowest BCUT2D eigenvalue weighted by atomic mass is 9.58. The van der Waals surface area contributed by atoms with Crippen LogP contribution in [0.15, 0.2) is 53.6 Å². The van der Waals surface area contributed by atoms with E-state index in [2.05, 4.69) is 13.8 Å². The van der Waals surface area contributed by atoms with Gasteiger partial charge in [-0.05, 0) is 85.5 Å². The molecule has 5 aliphatic heterocycles. The van der Waals surface area contributed by atoms with E-state index in [0.29, 0.717) is 24.0 Å². The van der Waals surface area contributed by atoms with Gasteiger partial charge in [0.25, 0.3) is 0 Å². The molecule has 6 aliphatic rings. The zero-order valence-electron chi connectivity index (χ0n) is 24.9. The molecule has 1 aliphatic carbocycles. The van der Waals surface area contributed by atoms with Crippen molar-refractivity contribution in [3.8, 4) is 11.5 Å². The molecule has 4 saturated heterocycles. The average molecular weight is 577 g/mol. The van der Waals surface area contributed by atoms with Gasteiger partial charge in [0, 0.05) is 31.6 Å². The first-order valence-corrected chi connectivity index (χ1v) is 15.2. The van der Waals surface area contributed by atoms with Crippen LogP contribution in [0, 0.1) is 23.7 Å². The average Bonchev–Trinajstić information content (AvgIpc) is 3.32. The summed E-state index contributed by atoms with van der Waals surface area (Å²) in [5.41, 5.74) is 2.22. The molecule has 2 aromatic rings. The van der Waals surface area contributed by atoms with Crippen molar-refractivity contribution in [3.63, 3.8) is 0 Å². The van der Waals surface area contributed by atoms with E-state index < -0.39 is 24.0 Å². The van der Waals surface area contributed by atoms with Crippen molar-refractivity contribution in [2.45, 2.75) is 89.8 Å². The molecule has 8 rings (SSSR count). The molecule has 1 unspecified atom stereocenters. The lowest BCUT2D eigenvalue weighted by Crippen LogP contribution is -2.70. The maximum atomic E-state index is 12.5. The van der Waals surface area contributed by atoms with Crippen LogP contribution in [0.25, 0.3) is 0 Å². The Morgan fingerprint density at radius 3 is 2.43 bits per heavy atom. The molecule has 0 aromatic heterocycles. The largest absolute Gasteiger partial charge is 0.497 e. The van der Waals surface area contributed by atoms with Gasteiger partial charge in [-0.25, -0.2) is 14.8 Å². The zero-order chi connectivity index (χ0) is 29.2. The molecule has 0 radical (unpaired) electrons. The Morgan fingerprint density at radius 1 is 0.976 bits per heavy atom. The topological polar surface area (TPSA) is 88.1 Å². The number of carbonyl (C=O) groups excluding carboxylic acids is 1. The first-order valence-electron chi connectivity index (χ1n) is 15.2. The third-order valence-electron chi connectivity index (χ3n) is 10.3. The smallest absolute Gasteiger partial charge is 0.240 e. The fourth-order valence-corrected chi connectivity index (χ4v) is 7.93. The Bertz CT molecular complexity index is 1360. The minimum absolute atomic E-state index is 0.0826. The minimum atomic E-state index is -0.816. The van der Waals surface area contributed by atoms with Gasteiger partial charge in [0.2, 0.25) is 18.0 Å². The van der Waals surface area contributed by atoms with Crippen molar-refractivity contribution in [2.75, 3.05) is 7.11 Å². The number of benzene rings is 2. The molecular formula is C33H40N2O7. The van der Waals surface area contributed by atoms with Gasteiger partial charge in [-0.3, -0.25) is 4.79 Å². The Morgan fingerprint density at radius 2 is 1.71 bits per heavy atom. The maximum Gasteiger partial charge on any atom is 0.240 e. The number of hydrogen-bond acceptors (Lipinski definition) is 8. The van der Waals surface area contributed by atoms with Gasteiger partial charge in [0.1, 0.15) is 11.5 Å². The van der Waals surface area contributed by atoms with E-state index in [1.807, 2.05) is 55.5 Å². The van der Waals surface area contributed by atoms with E-state index in [1.54, 1.807) is 19.0 Å². The maximum absolute atomic E-state index is 12.5. The first kappa shape index (κ1) is 27.8. The standard InChI is InChI=1S/C33H40N2O7/c1-19-6-15-27-20(2)30(39-31-33(27)26(19)16-17-32(4,40-31)41-42-33)38-25-13-7-22(8-14-25)28-18-29(35(34-28)21(3)36)23-9-11-24(37-5)12-10-23/h7-14,19-20,26-27,29-31H,6,15-18H2,1-5H3/t19-,20-,26+,27+,29?,30+,31-,32-,33-/m1/s1. The van der Waals surface area contributed by atoms with E-state index in [1.165, 1.54) is 0 Å². The number of hydrazone groups is 1. The lowest BCUT2D eigenvalue weighted by molar-refractivity contribution is -0.575. The van der Waals surface area contributed by atoms with Gasteiger partial charge >= 0.3 is 0 Å². The van der Waals surface area contributed by atoms with Crippen LogP contribution in [0.3, 0.4) is 0 Å². The molecule has 9 nitrogen and oxygen atoms in total. The highest BCUT2D eigenvalue weighted by atomic mass is 17.3. The van der Waals surface area contributed by atoms with Crippen LogP contribution in [0.4, 0.5) is 0 Å². The van der Waals surface area contributed by atoms with Crippen molar-refractivity contribution in [3.05, 3.63) is 59.7 Å². The van der Waals surface area contributed by atoms with Gasteiger partial charge in [0.05, 0.1) is 18.9 Å². The summed E-state index contributed by atoms with van der Waals surface area (Å²) in [6.45, 7) is 7.99. The number of ether oxygens (including phenoxy) is 4. The Kier molecular flexibility index (Phi) is 6.85. The summed E-state index contributed by atoms with van der Waals surface area (Å²) < 4.78 is 24.8. The highest BCUT2D eigenvalue weighted by Gasteiger charge is 2.69. The Hall–Kier alpha value is -2.98. The number of rotatable bonds is 5. The molecular weight excluding hydrogens is 536 g/mol. The van der Waals surface area contributed by atoms with Crippen LogP contribution in [0.5, 0.6) is 11.5 Å². The molecule has 9 heteroatoms. The molecule has 2 bridgehead atoms. The van der Waals surface area contributed by atoms with Gasteiger partial charge < -0.3 is 18.9 Å². The second-order valence-electron chi connectivity index (χ2n) is 12.8. The van der Waals surface area contributed by atoms with E-state index in [0.717, 1.165) is 48.3 Å². The number of hydrogen-bond donors (Lipinski definition) is 0. The summed E-state index contributed by atoms with van der Waals surface area (Å²) in [5, 5.41) is 6.27. The zero-order valence-corrected chi connectivity index (χ0v) is 24.9. The fraction of sp³-hybridized carbons (Fsp3) is 0.576. The fourth-order valence-electron chi connectivity index (χ4n) is 7.93. The second-order valence-corrected chi connectivity index (χ2v) is 12.8. The normalized spacial score (nSPS) is 38.8. The minimum Gasteiger partial charge on any atom is -0.497 e. The first-order chi connectivity index (χ1) is 20.2. The Balaban J connectivity index is 1.08. The molecule has 1 spiro atoms. The Labute approximate surface area is 247 Å². The monoisotopic (exact) mass is 576 g/mol. The van der Waals surface area contributed by atoms with Gasteiger partial charge in [-0.1, -0.05) is 26.0 Å². The summed E-state index contributed by atoms with van der Waals surface area (Å²) >= 11 is 0. The summed E-state index contributed by atoms with van der Waals surface area (Å²) in [5.74, 6) is 1.69. The number of amides is 1. The summed E-state index contributed by atoms with van der Waals surface area (Å²) in [4.78, 5) is 24.6. The third-order valence-corrected chi connectivity index (χ3v) is 10.3. The van der Waals surface area contributed by atoms with Crippen LogP contribution in [0.1, 0.15) is 77.0 Å². The highest BCUT2D eigenvalue weighted by Crippen LogP contribution is 2.60. The molecule has 2 aromatic carbocycles. The molecule has 5 fully saturated rings. The van der Waals surface area contributed by atoms with Crippen LogP contribution in [0.2, 0.25) is 0 Å². The summed E-state index contributed by atoms with van der Waals surface area (Å²) in [6.07, 6.45) is 3.54. The quantitative estimate of drug-likeness (QED) is 0.405. The van der Waals surface area contributed by atoms with Crippen LogP contribution in [-0.2, 0) is 24.0 Å². The molecule has 42 heavy (non-hydrogen) atoms. The van der Waals surface area contributed by atoms with E-state index in [-0.39, 0.29) is 23.8 Å². The number of fused-ring (bicyclic) bond motifs is 2. The van der Waals surface area contributed by atoms with Gasteiger partial charge in [0.15, 0.2) is 11.9 Å².